The van der Waals surface area contributed by atoms with Gasteiger partial charge in [0.15, 0.2) is 0 Å². The van der Waals surface area contributed by atoms with Gasteiger partial charge >= 0.3 is 0 Å². The summed E-state index contributed by atoms with van der Waals surface area (Å²) in [7, 11) is -4.21. The Morgan fingerprint density at radius 1 is 1.05 bits per heavy atom. The fourth-order valence-corrected chi connectivity index (χ4v) is 5.07. The minimum atomic E-state index is -4.22. The van der Waals surface area contributed by atoms with Crippen molar-refractivity contribution in [3.05, 3.63) is 39.9 Å². The summed E-state index contributed by atoms with van der Waals surface area (Å²) in [5, 5.41) is 0. The van der Waals surface area contributed by atoms with Crippen LogP contribution in [0, 0.1) is 5.41 Å². The summed E-state index contributed by atoms with van der Waals surface area (Å²) in [6.45, 7) is 14.0. The number of rotatable bonds is 3. The average Bonchev–Trinajstić information content (AvgIpc) is 2.31. The van der Waals surface area contributed by atoms with Gasteiger partial charge in [0.2, 0.25) is 0 Å². The minimum Gasteiger partial charge on any atom is -0.282 e. The molecule has 0 atom stereocenters. The lowest BCUT2D eigenvalue weighted by atomic mass is 9.76. The first-order chi connectivity index (χ1) is 9.80. The molecule has 3 nitrogen and oxygen atoms in total. The molecule has 0 unspecified atom stereocenters. The third kappa shape index (κ3) is 4.30. The molecule has 0 saturated heterocycles. The van der Waals surface area contributed by atoms with Crippen molar-refractivity contribution >= 4 is 25.2 Å². The second kappa shape index (κ2) is 6.30. The van der Waals surface area contributed by atoms with E-state index in [9.17, 15) is 13.0 Å². The van der Waals surface area contributed by atoms with Crippen LogP contribution in [0.4, 0.5) is 0 Å². The smallest absolute Gasteiger partial charge is 0.282 e. The minimum absolute atomic E-state index is 0.00114. The molecule has 0 amide bonds. The van der Waals surface area contributed by atoms with Crippen molar-refractivity contribution in [2.24, 2.45) is 5.41 Å². The molecule has 1 aromatic rings. The standard InChI is InChI=1S/C17H26O3SSi/c1-16(2,3)13-11-9-8-10-12(13)14(17(4,5)6)15(22-7)21(18,19)20/h8-11H,1-7H3,(H,18,19,20). The third-order valence-electron chi connectivity index (χ3n) is 3.47. The molecule has 0 saturated carbocycles. The zero-order valence-electron chi connectivity index (χ0n) is 14.5. The van der Waals surface area contributed by atoms with Crippen molar-refractivity contribution in [3.63, 3.8) is 0 Å². The van der Waals surface area contributed by atoms with Crippen molar-refractivity contribution in [3.8, 4) is 0 Å². The second-order valence-corrected chi connectivity index (χ2v) is 10.2. The van der Waals surface area contributed by atoms with Gasteiger partial charge in [0.1, 0.15) is 0 Å². The first-order valence-corrected chi connectivity index (χ1v) is 10.2. The van der Waals surface area contributed by atoms with Crippen LogP contribution >= 0.6 is 0 Å². The highest BCUT2D eigenvalue weighted by Crippen LogP contribution is 2.42. The van der Waals surface area contributed by atoms with Crippen LogP contribution in [0.3, 0.4) is 0 Å². The van der Waals surface area contributed by atoms with Gasteiger partial charge in [0.25, 0.3) is 10.1 Å². The highest BCUT2D eigenvalue weighted by Gasteiger charge is 2.31. The van der Waals surface area contributed by atoms with Crippen molar-refractivity contribution < 1.29 is 13.0 Å². The van der Waals surface area contributed by atoms with Gasteiger partial charge in [-0.25, -0.2) is 0 Å². The van der Waals surface area contributed by atoms with E-state index in [1.165, 1.54) is 0 Å². The summed E-state index contributed by atoms with van der Waals surface area (Å²) < 4.78 is 33.6. The first kappa shape index (κ1) is 19.1. The van der Waals surface area contributed by atoms with Crippen molar-refractivity contribution in [1.29, 1.82) is 0 Å². The molecule has 0 heterocycles. The lowest BCUT2D eigenvalue weighted by molar-refractivity contribution is 0.491. The summed E-state index contributed by atoms with van der Waals surface area (Å²) in [6, 6.07) is 7.86. The molecule has 0 spiro atoms. The Labute approximate surface area is 137 Å². The molecule has 22 heavy (non-hydrogen) atoms. The van der Waals surface area contributed by atoms with Gasteiger partial charge in [0.05, 0.1) is 14.0 Å². The average molecular weight is 339 g/mol. The number of hydrogen-bond acceptors (Lipinski definition) is 2. The van der Waals surface area contributed by atoms with E-state index in [1.54, 1.807) is 6.55 Å². The van der Waals surface area contributed by atoms with Crippen LogP contribution in [-0.4, -0.2) is 22.5 Å². The highest BCUT2D eigenvalue weighted by molar-refractivity contribution is 7.91. The van der Waals surface area contributed by atoms with Gasteiger partial charge in [-0.1, -0.05) is 72.4 Å². The van der Waals surface area contributed by atoms with Crippen molar-refractivity contribution in [1.82, 2.24) is 0 Å². The van der Waals surface area contributed by atoms with E-state index < -0.39 is 15.5 Å². The van der Waals surface area contributed by atoms with E-state index >= 15 is 0 Å². The quantitative estimate of drug-likeness (QED) is 0.659. The largest absolute Gasteiger partial charge is 0.286 e. The molecule has 0 aliphatic carbocycles. The normalized spacial score (nSPS) is 14.7. The summed E-state index contributed by atoms with van der Waals surface area (Å²) in [6.07, 6.45) is 0. The van der Waals surface area contributed by atoms with Gasteiger partial charge in [-0.05, 0) is 27.5 Å². The summed E-state index contributed by atoms with van der Waals surface area (Å²) in [5.41, 5.74) is 2.19. The first-order valence-electron chi connectivity index (χ1n) is 7.30. The zero-order chi connectivity index (χ0) is 17.3. The molecule has 0 bridgehead atoms. The lowest BCUT2D eigenvalue weighted by Crippen LogP contribution is -2.22. The molecule has 5 heteroatoms. The maximum absolute atomic E-state index is 11.9. The highest BCUT2D eigenvalue weighted by atomic mass is 32.2. The maximum atomic E-state index is 11.9. The van der Waals surface area contributed by atoms with E-state index in [1.807, 2.05) is 45.0 Å². The molecule has 2 radical (unpaired) electrons. The van der Waals surface area contributed by atoms with Gasteiger partial charge in [-0.3, -0.25) is 4.55 Å². The van der Waals surface area contributed by atoms with Gasteiger partial charge in [0, 0.05) is 0 Å². The van der Waals surface area contributed by atoms with E-state index in [-0.39, 0.29) is 19.5 Å². The fourth-order valence-electron chi connectivity index (χ4n) is 2.60. The third-order valence-corrected chi connectivity index (χ3v) is 6.28. The Balaban J connectivity index is 3.91. The second-order valence-electron chi connectivity index (χ2n) is 7.47. The van der Waals surface area contributed by atoms with Crippen LogP contribution in [0.25, 0.3) is 5.57 Å². The Hall–Kier alpha value is -0.913. The number of hydrogen-bond donors (Lipinski definition) is 1. The van der Waals surface area contributed by atoms with Crippen LogP contribution < -0.4 is 0 Å². The van der Waals surface area contributed by atoms with E-state index in [4.69, 9.17) is 0 Å². The predicted molar refractivity (Wildman–Crippen MR) is 94.7 cm³/mol. The molecular formula is C17H26O3SSi. The molecule has 1 N–H and O–H groups in total. The van der Waals surface area contributed by atoms with Crippen molar-refractivity contribution in [2.45, 2.75) is 53.5 Å². The molecule has 0 aromatic heterocycles. The zero-order valence-corrected chi connectivity index (χ0v) is 16.3. The van der Waals surface area contributed by atoms with Crippen LogP contribution in [0.2, 0.25) is 6.55 Å². The molecule has 1 aromatic carbocycles. The van der Waals surface area contributed by atoms with E-state index in [2.05, 4.69) is 20.8 Å². The monoisotopic (exact) mass is 338 g/mol. The van der Waals surface area contributed by atoms with Crippen LogP contribution in [0.1, 0.15) is 52.7 Å². The molecule has 122 valence electrons. The molecule has 0 aliphatic heterocycles. The summed E-state index contributed by atoms with van der Waals surface area (Å²) >= 11 is 0. The van der Waals surface area contributed by atoms with Gasteiger partial charge in [-0.15, -0.1) is 0 Å². The number of allylic oxidation sites excluding steroid dienone is 1. The molecule has 0 aliphatic rings. The Kier molecular flexibility index (Phi) is 5.48. The molecular weight excluding hydrogens is 312 g/mol. The Bertz CT molecular complexity index is 675. The van der Waals surface area contributed by atoms with Gasteiger partial charge < -0.3 is 0 Å². The molecule has 0 fully saturated rings. The van der Waals surface area contributed by atoms with Crippen LogP contribution in [-0.2, 0) is 15.5 Å². The predicted octanol–water partition coefficient (Wildman–Crippen LogP) is 4.34. The maximum Gasteiger partial charge on any atom is 0.286 e. The van der Waals surface area contributed by atoms with Crippen LogP contribution in [0.15, 0.2) is 28.8 Å². The van der Waals surface area contributed by atoms with Gasteiger partial charge in [-0.2, -0.15) is 8.42 Å². The van der Waals surface area contributed by atoms with E-state index in [0.717, 1.165) is 11.1 Å². The van der Waals surface area contributed by atoms with Crippen LogP contribution in [0.5, 0.6) is 0 Å². The van der Waals surface area contributed by atoms with E-state index in [0.29, 0.717) is 5.57 Å². The topological polar surface area (TPSA) is 54.4 Å². The Morgan fingerprint density at radius 2 is 1.55 bits per heavy atom. The SMILES string of the molecule is C[Si]C(=C(c1ccccc1C(C)(C)C)C(C)(C)C)S(=O)(=O)O. The van der Waals surface area contributed by atoms with Crippen molar-refractivity contribution in [2.75, 3.05) is 0 Å². The summed E-state index contributed by atoms with van der Waals surface area (Å²) in [5.74, 6) is 0. The molecule has 1 rings (SSSR count). The Morgan fingerprint density at radius 3 is 1.91 bits per heavy atom. The number of benzene rings is 1. The summed E-state index contributed by atoms with van der Waals surface area (Å²) in [4.78, 5) is 0. The fraction of sp³-hybridized carbons (Fsp3) is 0.529. The lowest BCUT2D eigenvalue weighted by Gasteiger charge is -2.31.